The Bertz CT molecular complexity index is 399. The van der Waals surface area contributed by atoms with Crippen LogP contribution in [0.5, 0.6) is 0 Å². The van der Waals surface area contributed by atoms with Gasteiger partial charge in [0.05, 0.1) is 5.92 Å². The molecule has 1 aromatic carbocycles. The molecule has 0 amide bonds. The molecule has 1 N–H and O–H groups in total. The van der Waals surface area contributed by atoms with Crippen LogP contribution in [-0.2, 0) is 6.54 Å². The number of rotatable bonds is 3. The second-order valence-electron chi connectivity index (χ2n) is 5.11. The van der Waals surface area contributed by atoms with Gasteiger partial charge in [-0.15, -0.1) is 0 Å². The van der Waals surface area contributed by atoms with Crippen molar-refractivity contribution in [3.8, 4) is 0 Å². The van der Waals surface area contributed by atoms with E-state index in [4.69, 9.17) is 0 Å². The van der Waals surface area contributed by atoms with Crippen LogP contribution < -0.4 is 5.32 Å². The summed E-state index contributed by atoms with van der Waals surface area (Å²) in [6.45, 7) is 0.482. The molecule has 0 bridgehead atoms. The van der Waals surface area contributed by atoms with Crippen molar-refractivity contribution in [2.75, 3.05) is 0 Å². The van der Waals surface area contributed by atoms with Gasteiger partial charge in [0.2, 0.25) is 0 Å². The largest absolute Gasteiger partial charge is 0.391 e. The molecule has 1 nitrogen and oxygen atoms in total. The molecule has 1 aliphatic rings. The minimum atomic E-state index is -4.09. The predicted octanol–water partition coefficient (Wildman–Crippen LogP) is 4.04. The van der Waals surface area contributed by atoms with Crippen LogP contribution >= 0.6 is 0 Å². The smallest absolute Gasteiger partial charge is 0.310 e. The van der Waals surface area contributed by atoms with Crippen molar-refractivity contribution in [1.82, 2.24) is 5.32 Å². The molecule has 0 aliphatic heterocycles. The number of nitrogens with one attached hydrogen (secondary N) is 1. The van der Waals surface area contributed by atoms with Gasteiger partial charge in [-0.2, -0.15) is 13.2 Å². The molecule has 0 spiro atoms. The van der Waals surface area contributed by atoms with Crippen molar-refractivity contribution in [3.63, 3.8) is 0 Å². The molecule has 0 saturated heterocycles. The van der Waals surface area contributed by atoms with Crippen LogP contribution in [-0.4, -0.2) is 12.2 Å². The van der Waals surface area contributed by atoms with Crippen molar-refractivity contribution in [2.45, 2.75) is 44.4 Å². The van der Waals surface area contributed by atoms with Gasteiger partial charge < -0.3 is 5.32 Å². The molecule has 1 saturated carbocycles. The van der Waals surface area contributed by atoms with Crippen LogP contribution in [0, 0.1) is 11.7 Å². The molecule has 106 valence electrons. The third kappa shape index (κ3) is 4.20. The SMILES string of the molecule is Fc1ccc(CNC2CCCC(C(F)(F)F)C2)cc1. The zero-order valence-corrected chi connectivity index (χ0v) is 10.5. The highest BCUT2D eigenvalue weighted by molar-refractivity contribution is 5.15. The third-order valence-corrected chi connectivity index (χ3v) is 3.65. The zero-order chi connectivity index (χ0) is 13.9. The molecule has 1 aliphatic carbocycles. The first-order valence-corrected chi connectivity index (χ1v) is 6.49. The Balaban J connectivity index is 1.84. The van der Waals surface area contributed by atoms with Crippen LogP contribution in [0.3, 0.4) is 0 Å². The third-order valence-electron chi connectivity index (χ3n) is 3.65. The van der Waals surface area contributed by atoms with E-state index in [9.17, 15) is 17.6 Å². The lowest BCUT2D eigenvalue weighted by molar-refractivity contribution is -0.183. The monoisotopic (exact) mass is 275 g/mol. The minimum Gasteiger partial charge on any atom is -0.310 e. The molecule has 0 aromatic heterocycles. The molecule has 0 radical (unpaired) electrons. The van der Waals surface area contributed by atoms with Crippen LogP contribution in [0.1, 0.15) is 31.2 Å². The Morgan fingerprint density at radius 2 is 1.79 bits per heavy atom. The van der Waals surface area contributed by atoms with Crippen LogP contribution in [0.25, 0.3) is 0 Å². The van der Waals surface area contributed by atoms with E-state index in [0.29, 0.717) is 13.0 Å². The number of benzene rings is 1. The van der Waals surface area contributed by atoms with E-state index in [-0.39, 0.29) is 24.7 Å². The van der Waals surface area contributed by atoms with Gasteiger partial charge in [0, 0.05) is 12.6 Å². The van der Waals surface area contributed by atoms with Gasteiger partial charge in [-0.1, -0.05) is 18.6 Å². The molecule has 1 aromatic rings. The lowest BCUT2D eigenvalue weighted by Gasteiger charge is -2.31. The summed E-state index contributed by atoms with van der Waals surface area (Å²) < 4.78 is 50.7. The summed E-state index contributed by atoms with van der Waals surface area (Å²) in [6, 6.07) is 5.90. The molecule has 1 fully saturated rings. The molecular weight excluding hydrogens is 258 g/mol. The average molecular weight is 275 g/mol. The maximum atomic E-state index is 12.7. The zero-order valence-electron chi connectivity index (χ0n) is 10.5. The number of hydrogen-bond donors (Lipinski definition) is 1. The van der Waals surface area contributed by atoms with Gasteiger partial charge in [0.1, 0.15) is 5.82 Å². The molecule has 0 heterocycles. The van der Waals surface area contributed by atoms with Gasteiger partial charge in [-0.25, -0.2) is 4.39 Å². The Morgan fingerprint density at radius 1 is 1.11 bits per heavy atom. The van der Waals surface area contributed by atoms with E-state index in [1.165, 1.54) is 12.1 Å². The maximum Gasteiger partial charge on any atom is 0.391 e. The normalized spacial score (nSPS) is 24.4. The summed E-state index contributed by atoms with van der Waals surface area (Å²) in [4.78, 5) is 0. The molecule has 2 atom stereocenters. The van der Waals surface area contributed by atoms with E-state index in [1.807, 2.05) is 0 Å². The highest BCUT2D eigenvalue weighted by Gasteiger charge is 2.41. The minimum absolute atomic E-state index is 0.106. The first-order valence-electron chi connectivity index (χ1n) is 6.49. The lowest BCUT2D eigenvalue weighted by atomic mass is 9.85. The first-order chi connectivity index (χ1) is 8.95. The second-order valence-corrected chi connectivity index (χ2v) is 5.11. The Morgan fingerprint density at radius 3 is 2.42 bits per heavy atom. The van der Waals surface area contributed by atoms with Crippen LogP contribution in [0.2, 0.25) is 0 Å². The van der Waals surface area contributed by atoms with Gasteiger partial charge >= 0.3 is 6.18 Å². The highest BCUT2D eigenvalue weighted by atomic mass is 19.4. The Labute approximate surface area is 110 Å². The molecule has 2 rings (SSSR count). The van der Waals surface area contributed by atoms with Gasteiger partial charge in [-0.05, 0) is 37.0 Å². The van der Waals surface area contributed by atoms with Gasteiger partial charge in [0.15, 0.2) is 0 Å². The van der Waals surface area contributed by atoms with Gasteiger partial charge in [0.25, 0.3) is 0 Å². The van der Waals surface area contributed by atoms with Crippen molar-refractivity contribution in [2.24, 2.45) is 5.92 Å². The fourth-order valence-corrected chi connectivity index (χ4v) is 2.54. The van der Waals surface area contributed by atoms with E-state index < -0.39 is 12.1 Å². The summed E-state index contributed by atoms with van der Waals surface area (Å²) in [7, 11) is 0. The fraction of sp³-hybridized carbons (Fsp3) is 0.571. The summed E-state index contributed by atoms with van der Waals surface area (Å²) in [6.07, 6.45) is -2.34. The Kier molecular flexibility index (Phi) is 4.45. The van der Waals surface area contributed by atoms with E-state index in [0.717, 1.165) is 12.0 Å². The van der Waals surface area contributed by atoms with Crippen molar-refractivity contribution in [1.29, 1.82) is 0 Å². The molecule has 2 unspecified atom stereocenters. The standard InChI is InChI=1S/C14H17F4N/c15-12-6-4-10(5-7-12)9-19-13-3-1-2-11(8-13)14(16,17)18/h4-7,11,13,19H,1-3,8-9H2. The second kappa shape index (κ2) is 5.90. The van der Waals surface area contributed by atoms with Crippen LogP contribution in [0.4, 0.5) is 17.6 Å². The lowest BCUT2D eigenvalue weighted by Crippen LogP contribution is -2.38. The van der Waals surface area contributed by atoms with Crippen molar-refractivity contribution in [3.05, 3.63) is 35.6 Å². The molecule has 19 heavy (non-hydrogen) atoms. The quantitative estimate of drug-likeness (QED) is 0.821. The number of alkyl halides is 3. The van der Waals surface area contributed by atoms with E-state index in [2.05, 4.69) is 5.32 Å². The fourth-order valence-electron chi connectivity index (χ4n) is 2.54. The van der Waals surface area contributed by atoms with Crippen molar-refractivity contribution >= 4 is 0 Å². The van der Waals surface area contributed by atoms with E-state index >= 15 is 0 Å². The summed E-state index contributed by atoms with van der Waals surface area (Å²) >= 11 is 0. The van der Waals surface area contributed by atoms with Crippen molar-refractivity contribution < 1.29 is 17.6 Å². The highest BCUT2D eigenvalue weighted by Crippen LogP contribution is 2.37. The number of halogens is 4. The first kappa shape index (κ1) is 14.3. The van der Waals surface area contributed by atoms with Gasteiger partial charge in [-0.3, -0.25) is 0 Å². The predicted molar refractivity (Wildman–Crippen MR) is 65.0 cm³/mol. The topological polar surface area (TPSA) is 12.0 Å². The summed E-state index contributed by atoms with van der Waals surface area (Å²) in [5.41, 5.74) is 0.885. The Hall–Kier alpha value is -1.10. The number of hydrogen-bond acceptors (Lipinski definition) is 1. The molecule has 5 heteroatoms. The maximum absolute atomic E-state index is 12.7. The summed E-state index contributed by atoms with van der Waals surface area (Å²) in [5.74, 6) is -1.49. The van der Waals surface area contributed by atoms with Crippen LogP contribution in [0.15, 0.2) is 24.3 Å². The molecular formula is C14H17F4N. The summed E-state index contributed by atoms with van der Waals surface area (Å²) in [5, 5.41) is 3.14. The van der Waals surface area contributed by atoms with E-state index in [1.54, 1.807) is 12.1 Å². The average Bonchev–Trinajstić information content (AvgIpc) is 2.37.